The Kier molecular flexibility index (Phi) is 9.85. The van der Waals surface area contributed by atoms with Crippen molar-refractivity contribution in [3.05, 3.63) is 16.0 Å². The summed E-state index contributed by atoms with van der Waals surface area (Å²) in [6, 6.07) is 0. The number of carbonyl (C=O) groups excluding carboxylic acids is 2. The molecule has 0 aromatic carbocycles. The summed E-state index contributed by atoms with van der Waals surface area (Å²) < 4.78 is 5.32. The second-order valence-electron chi connectivity index (χ2n) is 7.07. The van der Waals surface area contributed by atoms with Gasteiger partial charge < -0.3 is 31.3 Å². The summed E-state index contributed by atoms with van der Waals surface area (Å²) in [4.78, 5) is 45.6. The van der Waals surface area contributed by atoms with Gasteiger partial charge in [-0.1, -0.05) is 0 Å². The average Bonchev–Trinajstić information content (AvgIpc) is 3.29. The quantitative estimate of drug-likeness (QED) is 0.261. The van der Waals surface area contributed by atoms with Crippen LogP contribution in [0, 0.1) is 0 Å². The van der Waals surface area contributed by atoms with Gasteiger partial charge in [0, 0.05) is 18.0 Å². The molecule has 3 rings (SSSR count). The summed E-state index contributed by atoms with van der Waals surface area (Å²) in [5.41, 5.74) is 7.05. The van der Waals surface area contributed by atoms with E-state index in [1.54, 1.807) is 0 Å². The third-order valence-corrected chi connectivity index (χ3v) is 6.03. The molecule has 2 aliphatic rings. The third-order valence-electron chi connectivity index (χ3n) is 4.82. The first-order valence-electron chi connectivity index (χ1n) is 10.0. The summed E-state index contributed by atoms with van der Waals surface area (Å²) in [6.07, 6.45) is 3.89. The highest BCUT2D eigenvalue weighted by atomic mass is 32.1. The molecule has 11 nitrogen and oxygen atoms in total. The van der Waals surface area contributed by atoms with Crippen molar-refractivity contribution >= 4 is 40.1 Å². The van der Waals surface area contributed by atoms with Gasteiger partial charge in [-0.15, -0.1) is 11.3 Å². The number of carboxylic acids is 2. The monoisotopic (exact) mass is 456 g/mol. The molecule has 0 unspecified atom stereocenters. The van der Waals surface area contributed by atoms with Crippen LogP contribution < -0.4 is 16.4 Å². The van der Waals surface area contributed by atoms with E-state index in [0.717, 1.165) is 70.6 Å². The number of amides is 2. The number of morpholine rings is 1. The van der Waals surface area contributed by atoms with Crippen molar-refractivity contribution in [1.29, 1.82) is 0 Å². The minimum Gasteiger partial charge on any atom is -0.473 e. The van der Waals surface area contributed by atoms with Crippen LogP contribution in [-0.2, 0) is 32.0 Å². The molecule has 1 aromatic heterocycles. The Morgan fingerprint density at radius 3 is 2.39 bits per heavy atom. The Morgan fingerprint density at radius 1 is 1.10 bits per heavy atom. The number of hydrogen-bond donors (Lipinski definition) is 5. The predicted octanol–water partition coefficient (Wildman–Crippen LogP) is -0.258. The lowest BCUT2D eigenvalue weighted by Crippen LogP contribution is -2.38. The molecule has 0 atom stereocenters. The van der Waals surface area contributed by atoms with Gasteiger partial charge in [0.1, 0.15) is 5.00 Å². The lowest BCUT2D eigenvalue weighted by Gasteiger charge is -2.26. The number of hydrogen-bond acceptors (Lipinski definition) is 8. The molecule has 1 fully saturated rings. The predicted molar refractivity (Wildman–Crippen MR) is 114 cm³/mol. The SMILES string of the molecule is NC(=O)c1c(NC(=O)CNCCCN2CCOCC2)sc2c1CCC2.O=C(O)C(=O)O. The molecule has 1 aliphatic heterocycles. The molecular formula is C19H28N4O7S. The number of carbonyl (C=O) groups is 4. The van der Waals surface area contributed by atoms with Crippen molar-refractivity contribution < 1.29 is 34.1 Å². The maximum absolute atomic E-state index is 12.1. The lowest BCUT2D eigenvalue weighted by molar-refractivity contribution is -0.159. The largest absolute Gasteiger partial charge is 0.473 e. The van der Waals surface area contributed by atoms with Gasteiger partial charge in [0.05, 0.1) is 25.3 Å². The van der Waals surface area contributed by atoms with E-state index in [1.165, 1.54) is 16.2 Å². The average molecular weight is 457 g/mol. The van der Waals surface area contributed by atoms with Gasteiger partial charge >= 0.3 is 11.9 Å². The normalized spacial score (nSPS) is 15.5. The Hall–Kier alpha value is -2.54. The summed E-state index contributed by atoms with van der Waals surface area (Å²) >= 11 is 1.49. The van der Waals surface area contributed by atoms with E-state index >= 15 is 0 Å². The van der Waals surface area contributed by atoms with E-state index < -0.39 is 17.8 Å². The molecule has 1 aromatic rings. The number of rotatable bonds is 8. The fraction of sp³-hybridized carbons (Fsp3) is 0.579. The molecule has 172 valence electrons. The summed E-state index contributed by atoms with van der Waals surface area (Å²) in [6.45, 7) is 5.63. The third kappa shape index (κ3) is 7.90. The molecule has 0 spiro atoms. The van der Waals surface area contributed by atoms with Crippen molar-refractivity contribution in [1.82, 2.24) is 10.2 Å². The van der Waals surface area contributed by atoms with Crippen LogP contribution in [0.15, 0.2) is 0 Å². The summed E-state index contributed by atoms with van der Waals surface area (Å²) in [5, 5.41) is 21.4. The number of ether oxygens (including phenoxy) is 1. The van der Waals surface area contributed by atoms with E-state index in [9.17, 15) is 9.59 Å². The van der Waals surface area contributed by atoms with E-state index in [2.05, 4.69) is 15.5 Å². The highest BCUT2D eigenvalue weighted by Gasteiger charge is 2.26. The van der Waals surface area contributed by atoms with Crippen molar-refractivity contribution in [2.45, 2.75) is 25.7 Å². The van der Waals surface area contributed by atoms with Gasteiger partial charge in [-0.2, -0.15) is 0 Å². The second-order valence-corrected chi connectivity index (χ2v) is 8.17. The number of fused-ring (bicyclic) bond motifs is 1. The van der Waals surface area contributed by atoms with Crippen molar-refractivity contribution in [2.24, 2.45) is 5.73 Å². The van der Waals surface area contributed by atoms with Crippen LogP contribution in [0.25, 0.3) is 0 Å². The number of nitrogens with one attached hydrogen (secondary N) is 2. The molecule has 31 heavy (non-hydrogen) atoms. The second kappa shape index (κ2) is 12.3. The van der Waals surface area contributed by atoms with Crippen LogP contribution in [0.1, 0.15) is 33.6 Å². The maximum atomic E-state index is 12.1. The zero-order valence-electron chi connectivity index (χ0n) is 17.1. The molecule has 6 N–H and O–H groups in total. The zero-order valence-corrected chi connectivity index (χ0v) is 18.0. The van der Waals surface area contributed by atoms with E-state index in [-0.39, 0.29) is 12.5 Å². The molecule has 1 saturated heterocycles. The van der Waals surface area contributed by atoms with Crippen molar-refractivity contribution in [3.8, 4) is 0 Å². The number of anilines is 1. The van der Waals surface area contributed by atoms with Gasteiger partial charge in [-0.25, -0.2) is 9.59 Å². The topological polar surface area (TPSA) is 171 Å². The molecular weight excluding hydrogens is 428 g/mol. The van der Waals surface area contributed by atoms with Crippen LogP contribution in [0.3, 0.4) is 0 Å². The van der Waals surface area contributed by atoms with Gasteiger partial charge in [0.2, 0.25) is 5.91 Å². The van der Waals surface area contributed by atoms with Gasteiger partial charge in [0.15, 0.2) is 0 Å². The molecule has 1 aliphatic carbocycles. The minimum absolute atomic E-state index is 0.131. The minimum atomic E-state index is -1.82. The van der Waals surface area contributed by atoms with E-state index in [4.69, 9.17) is 30.3 Å². The van der Waals surface area contributed by atoms with Gasteiger partial charge in [0.25, 0.3) is 5.91 Å². The number of aliphatic carboxylic acids is 2. The Balaban J connectivity index is 0.000000501. The number of carboxylic acid groups (broad SMARTS) is 2. The highest BCUT2D eigenvalue weighted by molar-refractivity contribution is 7.17. The first-order chi connectivity index (χ1) is 14.8. The molecule has 12 heteroatoms. The fourth-order valence-corrected chi connectivity index (χ4v) is 4.69. The number of aryl methyl sites for hydroxylation is 1. The standard InChI is InChI=1S/C17H26N4O3S.C2H2O4/c18-16(23)15-12-3-1-4-13(12)25-17(15)20-14(22)11-19-5-2-6-21-7-9-24-10-8-21;3-1(4)2(5)6/h19H,1-11H2,(H2,18,23)(H,20,22);(H,3,4)(H,5,6). The first-order valence-corrected chi connectivity index (χ1v) is 10.8. The van der Waals surface area contributed by atoms with Crippen LogP contribution in [0.2, 0.25) is 0 Å². The highest BCUT2D eigenvalue weighted by Crippen LogP contribution is 2.38. The maximum Gasteiger partial charge on any atom is 0.414 e. The first kappa shape index (κ1) is 24.7. The fourth-order valence-electron chi connectivity index (χ4n) is 3.38. The van der Waals surface area contributed by atoms with Gasteiger partial charge in [-0.05, 0) is 44.3 Å². The number of thiophene rings is 1. The van der Waals surface area contributed by atoms with Crippen LogP contribution in [-0.4, -0.2) is 84.8 Å². The van der Waals surface area contributed by atoms with Crippen molar-refractivity contribution in [2.75, 3.05) is 51.3 Å². The summed E-state index contributed by atoms with van der Waals surface area (Å²) in [7, 11) is 0. The van der Waals surface area contributed by atoms with E-state index in [0.29, 0.717) is 10.6 Å². The van der Waals surface area contributed by atoms with E-state index in [1.807, 2.05) is 0 Å². The number of nitrogens with zero attached hydrogens (tertiary/aromatic N) is 1. The number of nitrogens with two attached hydrogens (primary N) is 1. The van der Waals surface area contributed by atoms with Crippen LogP contribution in [0.5, 0.6) is 0 Å². The Bertz CT molecular complexity index is 793. The zero-order chi connectivity index (χ0) is 22.8. The molecule has 2 heterocycles. The molecule has 2 amide bonds. The summed E-state index contributed by atoms with van der Waals surface area (Å²) in [5.74, 6) is -4.23. The molecule has 0 bridgehead atoms. The Morgan fingerprint density at radius 2 is 1.77 bits per heavy atom. The van der Waals surface area contributed by atoms with Crippen LogP contribution >= 0.6 is 11.3 Å². The molecule has 0 saturated carbocycles. The lowest BCUT2D eigenvalue weighted by atomic mass is 10.1. The molecule has 0 radical (unpaired) electrons. The van der Waals surface area contributed by atoms with Gasteiger partial charge in [-0.3, -0.25) is 14.5 Å². The smallest absolute Gasteiger partial charge is 0.414 e. The van der Waals surface area contributed by atoms with Crippen molar-refractivity contribution in [3.63, 3.8) is 0 Å². The number of primary amides is 1. The van der Waals surface area contributed by atoms with Crippen LogP contribution in [0.4, 0.5) is 5.00 Å². The Labute approximate surface area is 183 Å².